The molecule has 0 saturated heterocycles. The van der Waals surface area contributed by atoms with E-state index in [-0.39, 0.29) is 34.3 Å². The number of pyridine rings is 1. The number of hydrazone groups is 1. The van der Waals surface area contributed by atoms with Crippen LogP contribution in [0.5, 0.6) is 11.5 Å². The highest BCUT2D eigenvalue weighted by Gasteiger charge is 2.25. The van der Waals surface area contributed by atoms with Gasteiger partial charge in [0.05, 0.1) is 10.6 Å². The Morgan fingerprint density at radius 1 is 1.19 bits per heavy atom. The molecule has 1 atom stereocenters. The Kier molecular flexibility index (Phi) is 24.3. The molecule has 3 heterocycles. The highest BCUT2D eigenvalue weighted by atomic mass is 32.2. The summed E-state index contributed by atoms with van der Waals surface area (Å²) < 4.78 is 26.9. The highest BCUT2D eigenvalue weighted by molar-refractivity contribution is 7.99. The summed E-state index contributed by atoms with van der Waals surface area (Å²) in [4.78, 5) is 22.5. The van der Waals surface area contributed by atoms with Gasteiger partial charge < -0.3 is 20.1 Å². The number of thioether (sulfide) groups is 1. The Balaban J connectivity index is 0.000000998. The first-order valence-corrected chi connectivity index (χ1v) is 21.1. The van der Waals surface area contributed by atoms with Crippen LogP contribution in [0.25, 0.3) is 0 Å². The monoisotopic (exact) mass is 803 g/mol. The number of benzene rings is 1. The SMILES string of the molecule is CC.CC/C=C/C(C)=O.CC=C1C=C(Oc2ccc(N=C(N)c3nc4c(cc3OC#N)SCC(C)CN4CCCCC)c(F)c2C)C=CN1/N=C\C.CCC(C)C. The van der Waals surface area contributed by atoms with Gasteiger partial charge in [-0.2, -0.15) is 5.10 Å². The van der Waals surface area contributed by atoms with Crippen LogP contribution < -0.4 is 20.1 Å². The third-order valence-electron chi connectivity index (χ3n) is 8.38. The molecule has 2 aliphatic heterocycles. The Morgan fingerprint density at radius 3 is 2.46 bits per heavy atom. The molecule has 57 heavy (non-hydrogen) atoms. The first-order valence-electron chi connectivity index (χ1n) is 20.1. The minimum Gasteiger partial charge on any atom is -0.457 e. The Morgan fingerprint density at radius 2 is 1.89 bits per heavy atom. The van der Waals surface area contributed by atoms with Crippen LogP contribution >= 0.6 is 11.8 Å². The minimum absolute atomic E-state index is 0.0237. The lowest BCUT2D eigenvalue weighted by Crippen LogP contribution is -2.31. The van der Waals surface area contributed by atoms with Crippen molar-refractivity contribution in [3.05, 3.63) is 83.3 Å². The lowest BCUT2D eigenvalue weighted by Gasteiger charge is -2.26. The number of nitrogens with two attached hydrogens (primary N) is 1. The van der Waals surface area contributed by atoms with Crippen molar-refractivity contribution in [3.8, 4) is 17.8 Å². The number of aromatic nitrogens is 1. The molecule has 2 N–H and O–H groups in total. The van der Waals surface area contributed by atoms with Gasteiger partial charge in [0.25, 0.3) is 6.26 Å². The summed E-state index contributed by atoms with van der Waals surface area (Å²) in [6.07, 6.45) is 19.6. The molecular formula is C45H66FN7O3S. The minimum atomic E-state index is -0.576. The maximum absolute atomic E-state index is 15.6. The number of aliphatic imine (C=N–C) groups is 1. The number of hydrogen-bond acceptors (Lipinski definition) is 10. The smallest absolute Gasteiger partial charge is 0.292 e. The Bertz CT molecular complexity index is 1790. The van der Waals surface area contributed by atoms with Crippen molar-refractivity contribution in [2.45, 2.75) is 120 Å². The van der Waals surface area contributed by atoms with Crippen molar-refractivity contribution in [3.63, 3.8) is 0 Å². The molecule has 0 fully saturated rings. The quantitative estimate of drug-likeness (QED) is 0.0691. The Labute approximate surface area is 346 Å². The molecule has 2 aromatic rings. The van der Waals surface area contributed by atoms with Crippen molar-refractivity contribution in [2.24, 2.45) is 27.7 Å². The fourth-order valence-corrected chi connectivity index (χ4v) is 6.11. The Hall–Kier alpha value is -4.89. The molecule has 0 aliphatic carbocycles. The van der Waals surface area contributed by atoms with Crippen LogP contribution in [0.4, 0.5) is 15.9 Å². The lowest BCUT2D eigenvalue weighted by atomic mass is 10.1. The van der Waals surface area contributed by atoms with Gasteiger partial charge in [0, 0.05) is 49.0 Å². The molecule has 0 amide bonds. The number of unbranched alkanes of at least 4 members (excludes halogenated alkanes) is 2. The van der Waals surface area contributed by atoms with E-state index in [1.807, 2.05) is 52.8 Å². The normalized spacial score (nSPS) is 15.7. The molecule has 1 unspecified atom stereocenters. The average molecular weight is 804 g/mol. The van der Waals surface area contributed by atoms with Gasteiger partial charge in [-0.3, -0.25) is 4.79 Å². The molecule has 0 bridgehead atoms. The molecule has 312 valence electrons. The van der Waals surface area contributed by atoms with Crippen LogP contribution in [0.2, 0.25) is 0 Å². The van der Waals surface area contributed by atoms with E-state index < -0.39 is 5.82 Å². The standard InChI is InChI=1S/C32H38FN7O2S.C6H10O.C5H12.C2H6/c1-6-9-10-14-39-18-21(4)19-43-28-17-27(41-20-34)30(38-32(28)39)31(35)37-25-11-12-26(22(5)29(25)33)42-24-13-15-40(36-8-3)23(7-2)16-24;1-3-4-5-6(2)7;1-4-5(2)3;1-2/h7-8,11-13,15-17,21H,6,9-10,14,18-19H2,1-5H3,(H2,35,37);4-5H,3H2,1-2H3;5H,4H2,1-3H3;1-2H3/b23-7?,36-8-;5-4+;;. The summed E-state index contributed by atoms with van der Waals surface area (Å²) >= 11 is 1.68. The predicted octanol–water partition coefficient (Wildman–Crippen LogP) is 11.8. The summed E-state index contributed by atoms with van der Waals surface area (Å²) in [5.41, 5.74) is 7.75. The molecule has 2 aliphatic rings. The number of nitriles is 1. The molecule has 0 spiro atoms. The number of amidine groups is 1. The van der Waals surface area contributed by atoms with Crippen molar-refractivity contribution in [1.82, 2.24) is 9.99 Å². The van der Waals surface area contributed by atoms with Crippen LogP contribution in [-0.2, 0) is 4.79 Å². The average Bonchev–Trinajstić information content (AvgIpc) is 3.35. The fourth-order valence-electron chi connectivity index (χ4n) is 5.05. The van der Waals surface area contributed by atoms with E-state index in [9.17, 15) is 10.1 Å². The molecule has 10 nitrogen and oxygen atoms in total. The number of carbonyl (C=O) groups is 1. The number of ether oxygens (including phenoxy) is 2. The van der Waals surface area contributed by atoms with Gasteiger partial charge in [-0.05, 0) is 76.7 Å². The summed E-state index contributed by atoms with van der Waals surface area (Å²) in [6.45, 7) is 25.6. The third-order valence-corrected chi connectivity index (χ3v) is 9.73. The van der Waals surface area contributed by atoms with Crippen molar-refractivity contribution >= 4 is 41.1 Å². The summed E-state index contributed by atoms with van der Waals surface area (Å²) in [7, 11) is 0. The zero-order chi connectivity index (χ0) is 42.9. The van der Waals surface area contributed by atoms with Crippen LogP contribution in [0.3, 0.4) is 0 Å². The van der Waals surface area contributed by atoms with Gasteiger partial charge in [0.15, 0.2) is 28.9 Å². The molecule has 1 aromatic carbocycles. The predicted molar refractivity (Wildman–Crippen MR) is 238 cm³/mol. The largest absolute Gasteiger partial charge is 0.457 e. The van der Waals surface area contributed by atoms with Gasteiger partial charge in [-0.1, -0.05) is 86.8 Å². The van der Waals surface area contributed by atoms with E-state index in [2.05, 4.69) is 49.6 Å². The molecule has 4 rings (SSSR count). The molecule has 1 aromatic heterocycles. The zero-order valence-electron chi connectivity index (χ0n) is 36.4. The molecule has 0 saturated carbocycles. The van der Waals surface area contributed by atoms with Crippen molar-refractivity contribution < 1.29 is 18.7 Å². The second kappa shape index (κ2) is 27.7. The second-order valence-electron chi connectivity index (χ2n) is 13.6. The van der Waals surface area contributed by atoms with Gasteiger partial charge in [-0.15, -0.1) is 17.0 Å². The lowest BCUT2D eigenvalue weighted by molar-refractivity contribution is -0.112. The number of allylic oxidation sites excluding steroid dienone is 5. The van der Waals surface area contributed by atoms with Crippen LogP contribution in [0.15, 0.2) is 81.2 Å². The molecular weight excluding hydrogens is 738 g/mol. The van der Waals surface area contributed by atoms with Crippen molar-refractivity contribution in [1.29, 1.82) is 5.26 Å². The van der Waals surface area contributed by atoms with Gasteiger partial charge in [0.2, 0.25) is 0 Å². The van der Waals surface area contributed by atoms with Crippen LogP contribution in [0.1, 0.15) is 120 Å². The third kappa shape index (κ3) is 17.0. The molecule has 12 heteroatoms. The maximum atomic E-state index is 15.6. The number of ketones is 1. The maximum Gasteiger partial charge on any atom is 0.292 e. The molecule has 0 radical (unpaired) electrons. The summed E-state index contributed by atoms with van der Waals surface area (Å²) in [5, 5.41) is 15.3. The van der Waals surface area contributed by atoms with Crippen LogP contribution in [-0.4, -0.2) is 46.7 Å². The van der Waals surface area contributed by atoms with E-state index in [0.717, 1.165) is 66.9 Å². The number of anilines is 1. The van der Waals surface area contributed by atoms with E-state index >= 15 is 4.39 Å². The van der Waals surface area contributed by atoms with E-state index in [1.54, 1.807) is 73.6 Å². The van der Waals surface area contributed by atoms with E-state index in [0.29, 0.717) is 17.4 Å². The van der Waals surface area contributed by atoms with Gasteiger partial charge >= 0.3 is 0 Å². The fraction of sp³-hybridized carbons (Fsp3) is 0.489. The number of carbonyl (C=O) groups excluding carboxylic acids is 1. The zero-order valence-corrected chi connectivity index (χ0v) is 37.2. The first kappa shape index (κ1) is 50.1. The number of fused-ring (bicyclic) bond motifs is 1. The van der Waals surface area contributed by atoms with Crippen molar-refractivity contribution in [2.75, 3.05) is 23.7 Å². The number of rotatable bonds is 13. The topological polar surface area (TPSA) is 129 Å². The van der Waals surface area contributed by atoms with Gasteiger partial charge in [-0.25, -0.2) is 19.4 Å². The summed E-state index contributed by atoms with van der Waals surface area (Å²) in [5.74, 6) is 3.60. The summed E-state index contributed by atoms with van der Waals surface area (Å²) in [6, 6.07) is 4.94. The number of halogens is 1. The van der Waals surface area contributed by atoms with E-state index in [4.69, 9.17) is 20.2 Å². The highest BCUT2D eigenvalue weighted by Crippen LogP contribution is 2.38. The van der Waals surface area contributed by atoms with E-state index in [1.165, 1.54) is 12.5 Å². The second-order valence-corrected chi connectivity index (χ2v) is 14.6. The number of nitrogens with zero attached hydrogens (tertiary/aromatic N) is 6. The van der Waals surface area contributed by atoms with Gasteiger partial charge in [0.1, 0.15) is 23.0 Å². The first-order chi connectivity index (χ1) is 27.3. The van der Waals surface area contributed by atoms with Crippen LogP contribution in [0, 0.1) is 36.1 Å². The number of hydrogen-bond donors (Lipinski definition) is 1.